The van der Waals surface area contributed by atoms with E-state index < -0.39 is 17.6 Å². The van der Waals surface area contributed by atoms with Gasteiger partial charge in [0.1, 0.15) is 11.5 Å². The van der Waals surface area contributed by atoms with Crippen LogP contribution in [0.1, 0.15) is 12.5 Å². The summed E-state index contributed by atoms with van der Waals surface area (Å²) < 4.78 is 13.4. The normalized spacial score (nSPS) is 13.4. The molecule has 0 unspecified atom stereocenters. The van der Waals surface area contributed by atoms with Gasteiger partial charge in [0.25, 0.3) is 11.8 Å². The standard InChI is InChI=1S/C26H23FN4O3/c1-16(32)28-19-8-4-17(5-9-19)23-24(29-20-10-14-21(15-11-20)30(2)3)26(34)31(25(23)33)22-12-6-18(27)7-13-22/h4-15,29H,1-3H3,(H,28,32). The molecule has 1 aliphatic rings. The number of carbonyl (C=O) groups excluding carboxylic acids is 3. The molecule has 172 valence electrons. The number of hydrogen-bond acceptors (Lipinski definition) is 5. The molecule has 0 bridgehead atoms. The van der Waals surface area contributed by atoms with Crippen molar-refractivity contribution in [1.29, 1.82) is 0 Å². The first-order chi connectivity index (χ1) is 16.2. The molecule has 0 saturated heterocycles. The first kappa shape index (κ1) is 22.7. The van der Waals surface area contributed by atoms with Crippen LogP contribution < -0.4 is 20.4 Å². The van der Waals surface area contributed by atoms with E-state index in [1.807, 2.05) is 43.3 Å². The van der Waals surface area contributed by atoms with E-state index in [1.165, 1.54) is 31.2 Å². The molecule has 3 aromatic carbocycles. The lowest BCUT2D eigenvalue weighted by molar-refractivity contribution is -0.120. The van der Waals surface area contributed by atoms with Gasteiger partial charge in [-0.3, -0.25) is 14.4 Å². The summed E-state index contributed by atoms with van der Waals surface area (Å²) in [5, 5.41) is 5.77. The summed E-state index contributed by atoms with van der Waals surface area (Å²) in [5.74, 6) is -1.76. The second-order valence-corrected chi connectivity index (χ2v) is 8.00. The highest BCUT2D eigenvalue weighted by atomic mass is 19.1. The average molecular weight is 458 g/mol. The van der Waals surface area contributed by atoms with Crippen LogP contribution in [0.4, 0.5) is 27.1 Å². The number of rotatable bonds is 6. The lowest BCUT2D eigenvalue weighted by atomic mass is 10.0. The molecule has 34 heavy (non-hydrogen) atoms. The Morgan fingerprint density at radius 1 is 0.824 bits per heavy atom. The Morgan fingerprint density at radius 2 is 1.41 bits per heavy atom. The van der Waals surface area contributed by atoms with Crippen LogP contribution in [0.5, 0.6) is 0 Å². The summed E-state index contributed by atoms with van der Waals surface area (Å²) in [6, 6.07) is 19.2. The Bertz CT molecular complexity index is 1280. The molecule has 0 saturated carbocycles. The fourth-order valence-corrected chi connectivity index (χ4v) is 3.65. The highest BCUT2D eigenvalue weighted by molar-refractivity contribution is 6.46. The van der Waals surface area contributed by atoms with Crippen molar-refractivity contribution in [3.8, 4) is 0 Å². The Morgan fingerprint density at radius 3 is 1.97 bits per heavy atom. The third-order valence-electron chi connectivity index (χ3n) is 5.32. The Labute approximate surface area is 196 Å². The van der Waals surface area contributed by atoms with Crippen LogP contribution >= 0.6 is 0 Å². The largest absolute Gasteiger partial charge is 0.378 e. The van der Waals surface area contributed by atoms with Crippen molar-refractivity contribution in [3.63, 3.8) is 0 Å². The molecule has 3 amide bonds. The lowest BCUT2D eigenvalue weighted by Gasteiger charge is -2.16. The van der Waals surface area contributed by atoms with Gasteiger partial charge in [-0.2, -0.15) is 0 Å². The summed E-state index contributed by atoms with van der Waals surface area (Å²) in [5.41, 5.74) is 3.25. The number of anilines is 4. The number of amides is 3. The minimum Gasteiger partial charge on any atom is -0.378 e. The van der Waals surface area contributed by atoms with Gasteiger partial charge in [0, 0.05) is 38.1 Å². The van der Waals surface area contributed by atoms with Crippen molar-refractivity contribution < 1.29 is 18.8 Å². The lowest BCUT2D eigenvalue weighted by Crippen LogP contribution is -2.32. The molecule has 1 heterocycles. The van der Waals surface area contributed by atoms with Crippen molar-refractivity contribution in [1.82, 2.24) is 0 Å². The quantitative estimate of drug-likeness (QED) is 0.540. The zero-order valence-electron chi connectivity index (χ0n) is 18.9. The highest BCUT2D eigenvalue weighted by Crippen LogP contribution is 2.34. The topological polar surface area (TPSA) is 81.8 Å². The zero-order valence-corrected chi connectivity index (χ0v) is 18.9. The number of carbonyl (C=O) groups is 3. The smallest absolute Gasteiger partial charge is 0.282 e. The molecule has 0 atom stereocenters. The van der Waals surface area contributed by atoms with E-state index in [9.17, 15) is 18.8 Å². The van der Waals surface area contributed by atoms with Crippen LogP contribution in [0, 0.1) is 5.82 Å². The van der Waals surface area contributed by atoms with E-state index in [0.29, 0.717) is 16.9 Å². The monoisotopic (exact) mass is 458 g/mol. The van der Waals surface area contributed by atoms with Crippen molar-refractivity contribution in [2.75, 3.05) is 34.5 Å². The molecule has 0 spiro atoms. The number of nitrogens with one attached hydrogen (secondary N) is 2. The second-order valence-electron chi connectivity index (χ2n) is 8.00. The minimum absolute atomic E-state index is 0.110. The number of nitrogens with zero attached hydrogens (tertiary/aromatic N) is 2. The molecule has 7 nitrogen and oxygen atoms in total. The van der Waals surface area contributed by atoms with E-state index >= 15 is 0 Å². The van der Waals surface area contributed by atoms with E-state index in [2.05, 4.69) is 10.6 Å². The fourth-order valence-electron chi connectivity index (χ4n) is 3.65. The minimum atomic E-state index is -0.547. The Kier molecular flexibility index (Phi) is 6.14. The summed E-state index contributed by atoms with van der Waals surface area (Å²) in [6.07, 6.45) is 0. The molecule has 3 aromatic rings. The number of halogens is 1. The van der Waals surface area contributed by atoms with E-state index in [0.717, 1.165) is 10.6 Å². The third kappa shape index (κ3) is 4.52. The van der Waals surface area contributed by atoms with Gasteiger partial charge in [-0.1, -0.05) is 12.1 Å². The van der Waals surface area contributed by atoms with Gasteiger partial charge in [-0.25, -0.2) is 9.29 Å². The van der Waals surface area contributed by atoms with Gasteiger partial charge < -0.3 is 15.5 Å². The van der Waals surface area contributed by atoms with Gasteiger partial charge in [-0.15, -0.1) is 0 Å². The van der Waals surface area contributed by atoms with Crippen LogP contribution in [-0.2, 0) is 14.4 Å². The maximum Gasteiger partial charge on any atom is 0.282 e. The van der Waals surface area contributed by atoms with Gasteiger partial charge >= 0.3 is 0 Å². The third-order valence-corrected chi connectivity index (χ3v) is 5.32. The number of imide groups is 1. The summed E-state index contributed by atoms with van der Waals surface area (Å²) >= 11 is 0. The molecular formula is C26H23FN4O3. The SMILES string of the molecule is CC(=O)Nc1ccc(C2=C(Nc3ccc(N(C)C)cc3)C(=O)N(c3ccc(F)cc3)C2=O)cc1. The van der Waals surface area contributed by atoms with Crippen molar-refractivity contribution in [2.24, 2.45) is 0 Å². The Balaban J connectivity index is 1.75. The fraction of sp³-hybridized carbons (Fsp3) is 0.115. The van der Waals surface area contributed by atoms with Gasteiger partial charge in [-0.05, 0) is 66.2 Å². The van der Waals surface area contributed by atoms with Gasteiger partial charge in [0.2, 0.25) is 5.91 Å². The molecular weight excluding hydrogens is 435 g/mol. The van der Waals surface area contributed by atoms with Crippen molar-refractivity contribution in [2.45, 2.75) is 6.92 Å². The van der Waals surface area contributed by atoms with Gasteiger partial charge in [0.15, 0.2) is 0 Å². The van der Waals surface area contributed by atoms with Crippen LogP contribution in [0.25, 0.3) is 5.57 Å². The van der Waals surface area contributed by atoms with E-state index in [4.69, 9.17) is 0 Å². The maximum absolute atomic E-state index is 13.4. The second kappa shape index (κ2) is 9.19. The van der Waals surface area contributed by atoms with Crippen LogP contribution in [-0.4, -0.2) is 31.8 Å². The molecule has 0 aliphatic carbocycles. The van der Waals surface area contributed by atoms with Crippen LogP contribution in [0.2, 0.25) is 0 Å². The average Bonchev–Trinajstić information content (AvgIpc) is 3.04. The van der Waals surface area contributed by atoms with Crippen LogP contribution in [0.15, 0.2) is 78.5 Å². The maximum atomic E-state index is 13.4. The highest BCUT2D eigenvalue weighted by Gasteiger charge is 2.40. The van der Waals surface area contributed by atoms with E-state index in [-0.39, 0.29) is 22.9 Å². The first-order valence-corrected chi connectivity index (χ1v) is 10.6. The number of benzene rings is 3. The summed E-state index contributed by atoms with van der Waals surface area (Å²) in [6.45, 7) is 1.40. The molecule has 0 aromatic heterocycles. The summed E-state index contributed by atoms with van der Waals surface area (Å²) in [4.78, 5) is 41.1. The van der Waals surface area contributed by atoms with Crippen LogP contribution in [0.3, 0.4) is 0 Å². The van der Waals surface area contributed by atoms with Gasteiger partial charge in [0.05, 0.1) is 11.3 Å². The molecule has 8 heteroatoms. The zero-order chi connectivity index (χ0) is 24.4. The molecule has 0 radical (unpaired) electrons. The summed E-state index contributed by atoms with van der Waals surface area (Å²) in [7, 11) is 3.85. The predicted molar refractivity (Wildman–Crippen MR) is 131 cm³/mol. The van der Waals surface area contributed by atoms with Crippen molar-refractivity contribution in [3.05, 3.63) is 89.9 Å². The van der Waals surface area contributed by atoms with Crippen molar-refractivity contribution >= 4 is 46.0 Å². The van der Waals surface area contributed by atoms with E-state index in [1.54, 1.807) is 24.3 Å². The number of hydrogen-bond donors (Lipinski definition) is 2. The Hall–Kier alpha value is -4.46. The first-order valence-electron chi connectivity index (χ1n) is 10.6. The molecule has 2 N–H and O–H groups in total. The molecule has 1 aliphatic heterocycles. The molecule has 0 fully saturated rings. The molecule has 4 rings (SSSR count). The predicted octanol–water partition coefficient (Wildman–Crippen LogP) is 4.25.